The lowest BCUT2D eigenvalue weighted by molar-refractivity contribution is 0.737. The van der Waals surface area contributed by atoms with Gasteiger partial charge in [-0.2, -0.15) is 0 Å². The highest BCUT2D eigenvalue weighted by molar-refractivity contribution is 7.09. The minimum atomic E-state index is 0.641. The van der Waals surface area contributed by atoms with E-state index in [4.69, 9.17) is 11.6 Å². The van der Waals surface area contributed by atoms with Crippen LogP contribution in [0.5, 0.6) is 0 Å². The highest BCUT2D eigenvalue weighted by Gasteiger charge is 2.26. The predicted octanol–water partition coefficient (Wildman–Crippen LogP) is 2.86. The lowest BCUT2D eigenvalue weighted by Crippen LogP contribution is -2.14. The van der Waals surface area contributed by atoms with Crippen LogP contribution >= 0.6 is 22.9 Å². The molecule has 4 heteroatoms. The second-order valence-corrected chi connectivity index (χ2v) is 5.00. The molecule has 0 spiro atoms. The van der Waals surface area contributed by atoms with Gasteiger partial charge in [0.2, 0.25) is 0 Å². The van der Waals surface area contributed by atoms with Crippen LogP contribution in [0.15, 0.2) is 17.0 Å². The molecule has 0 aromatic carbocycles. The lowest BCUT2D eigenvalue weighted by atomic mass is 10.4. The average molecular weight is 229 g/mol. The molecule has 0 saturated heterocycles. The standard InChI is InChI=1S/C10H13ClN2S/c1-7(11)4-12-5-9-6-14-10(13-9)8-2-3-8/h6,8,12H,1-5H2. The Balaban J connectivity index is 1.80. The van der Waals surface area contributed by atoms with Crippen molar-refractivity contribution in [3.8, 4) is 0 Å². The number of rotatable bonds is 5. The van der Waals surface area contributed by atoms with Crippen molar-refractivity contribution in [2.45, 2.75) is 25.3 Å². The Morgan fingerprint density at radius 2 is 2.50 bits per heavy atom. The van der Waals surface area contributed by atoms with Gasteiger partial charge in [0.05, 0.1) is 10.7 Å². The minimum absolute atomic E-state index is 0.641. The van der Waals surface area contributed by atoms with E-state index >= 15 is 0 Å². The van der Waals surface area contributed by atoms with E-state index in [1.54, 1.807) is 11.3 Å². The first-order chi connectivity index (χ1) is 6.75. The monoisotopic (exact) mass is 228 g/mol. The SMILES string of the molecule is C=C(Cl)CNCc1csc(C2CC2)n1. The maximum atomic E-state index is 5.63. The summed E-state index contributed by atoms with van der Waals surface area (Å²) in [6.45, 7) is 5.05. The molecule has 1 heterocycles. The Kier molecular flexibility index (Phi) is 3.21. The molecule has 1 aromatic rings. The summed E-state index contributed by atoms with van der Waals surface area (Å²) < 4.78 is 0. The number of aromatic nitrogens is 1. The van der Waals surface area contributed by atoms with Crippen LogP contribution in [0.1, 0.15) is 29.5 Å². The second kappa shape index (κ2) is 4.43. The Bertz CT molecular complexity index is 331. The van der Waals surface area contributed by atoms with Crippen LogP contribution < -0.4 is 5.32 Å². The number of hydrogen-bond acceptors (Lipinski definition) is 3. The molecule has 1 fully saturated rings. The summed E-state index contributed by atoms with van der Waals surface area (Å²) in [5.41, 5.74) is 1.12. The maximum absolute atomic E-state index is 5.63. The van der Waals surface area contributed by atoms with E-state index in [1.165, 1.54) is 17.8 Å². The second-order valence-electron chi connectivity index (χ2n) is 3.57. The third-order valence-electron chi connectivity index (χ3n) is 2.12. The summed E-state index contributed by atoms with van der Waals surface area (Å²) in [6, 6.07) is 0. The molecular weight excluding hydrogens is 216 g/mol. The Labute approximate surface area is 93.0 Å². The fourth-order valence-electron chi connectivity index (χ4n) is 1.25. The van der Waals surface area contributed by atoms with Gasteiger partial charge in [0.15, 0.2) is 0 Å². The third-order valence-corrected chi connectivity index (χ3v) is 3.31. The molecular formula is C10H13ClN2S. The molecule has 2 nitrogen and oxygen atoms in total. The Hall–Kier alpha value is -0.380. The van der Waals surface area contributed by atoms with Crippen LogP contribution in [0.25, 0.3) is 0 Å². The van der Waals surface area contributed by atoms with Crippen molar-refractivity contribution in [3.05, 3.63) is 27.7 Å². The average Bonchev–Trinajstić information content (AvgIpc) is 2.87. The van der Waals surface area contributed by atoms with Crippen LogP contribution in [0.3, 0.4) is 0 Å². The third kappa shape index (κ3) is 2.80. The molecule has 76 valence electrons. The van der Waals surface area contributed by atoms with Crippen molar-refractivity contribution in [2.75, 3.05) is 6.54 Å². The van der Waals surface area contributed by atoms with Crippen molar-refractivity contribution in [1.29, 1.82) is 0 Å². The molecule has 1 saturated carbocycles. The van der Waals surface area contributed by atoms with Crippen molar-refractivity contribution >= 4 is 22.9 Å². The van der Waals surface area contributed by atoms with E-state index < -0.39 is 0 Å². The van der Waals surface area contributed by atoms with E-state index in [9.17, 15) is 0 Å². The van der Waals surface area contributed by atoms with Crippen molar-refractivity contribution in [1.82, 2.24) is 10.3 Å². The summed E-state index contributed by atoms with van der Waals surface area (Å²) in [4.78, 5) is 4.55. The number of nitrogens with zero attached hydrogens (tertiary/aromatic N) is 1. The van der Waals surface area contributed by atoms with Crippen LogP contribution in [-0.2, 0) is 6.54 Å². The van der Waals surface area contributed by atoms with Crippen LogP contribution in [0.2, 0.25) is 0 Å². The van der Waals surface area contributed by atoms with Crippen LogP contribution in [0.4, 0.5) is 0 Å². The molecule has 0 radical (unpaired) electrons. The molecule has 1 aliphatic carbocycles. The maximum Gasteiger partial charge on any atom is 0.0959 e. The predicted molar refractivity (Wildman–Crippen MR) is 60.8 cm³/mol. The summed E-state index contributed by atoms with van der Waals surface area (Å²) in [5.74, 6) is 0.761. The van der Waals surface area contributed by atoms with E-state index in [-0.39, 0.29) is 0 Å². The number of thiazole rings is 1. The Morgan fingerprint density at radius 3 is 3.14 bits per heavy atom. The first-order valence-electron chi connectivity index (χ1n) is 4.74. The van der Waals surface area contributed by atoms with Crippen LogP contribution in [-0.4, -0.2) is 11.5 Å². The quantitative estimate of drug-likeness (QED) is 0.839. The van der Waals surface area contributed by atoms with Gasteiger partial charge in [-0.1, -0.05) is 18.2 Å². The van der Waals surface area contributed by atoms with Crippen LogP contribution in [0, 0.1) is 0 Å². The highest BCUT2D eigenvalue weighted by Crippen LogP contribution is 2.41. The van der Waals surface area contributed by atoms with Gasteiger partial charge in [0.25, 0.3) is 0 Å². The highest BCUT2D eigenvalue weighted by atomic mass is 35.5. The van der Waals surface area contributed by atoms with Gasteiger partial charge in [0, 0.05) is 29.4 Å². The smallest absolute Gasteiger partial charge is 0.0959 e. The topological polar surface area (TPSA) is 24.9 Å². The minimum Gasteiger partial charge on any atom is -0.306 e. The molecule has 1 aromatic heterocycles. The number of halogens is 1. The van der Waals surface area contributed by atoms with E-state index in [1.807, 2.05) is 0 Å². The summed E-state index contributed by atoms with van der Waals surface area (Å²) >= 11 is 7.41. The van der Waals surface area contributed by atoms with Crippen molar-refractivity contribution in [2.24, 2.45) is 0 Å². The van der Waals surface area contributed by atoms with Gasteiger partial charge in [-0.3, -0.25) is 0 Å². The summed E-state index contributed by atoms with van der Waals surface area (Å²) in [5, 5.41) is 7.25. The molecule has 0 atom stereocenters. The fraction of sp³-hybridized carbons (Fsp3) is 0.500. The molecule has 0 aliphatic heterocycles. The van der Waals surface area contributed by atoms with Gasteiger partial charge >= 0.3 is 0 Å². The molecule has 1 aliphatic rings. The van der Waals surface area contributed by atoms with E-state index in [2.05, 4.69) is 22.3 Å². The largest absolute Gasteiger partial charge is 0.306 e. The van der Waals surface area contributed by atoms with Gasteiger partial charge in [-0.15, -0.1) is 11.3 Å². The first-order valence-corrected chi connectivity index (χ1v) is 6.00. The van der Waals surface area contributed by atoms with Gasteiger partial charge in [0.1, 0.15) is 0 Å². The van der Waals surface area contributed by atoms with Gasteiger partial charge in [-0.25, -0.2) is 4.98 Å². The number of hydrogen-bond donors (Lipinski definition) is 1. The van der Waals surface area contributed by atoms with Crippen molar-refractivity contribution < 1.29 is 0 Å². The molecule has 14 heavy (non-hydrogen) atoms. The van der Waals surface area contributed by atoms with Gasteiger partial charge < -0.3 is 5.32 Å². The van der Waals surface area contributed by atoms with Crippen molar-refractivity contribution in [3.63, 3.8) is 0 Å². The fourth-order valence-corrected chi connectivity index (χ4v) is 2.33. The zero-order chi connectivity index (χ0) is 9.97. The molecule has 0 bridgehead atoms. The number of nitrogens with one attached hydrogen (secondary N) is 1. The molecule has 0 unspecified atom stereocenters. The molecule has 1 N–H and O–H groups in total. The molecule has 2 rings (SSSR count). The zero-order valence-corrected chi connectivity index (χ0v) is 9.50. The normalized spacial score (nSPS) is 15.8. The molecule has 0 amide bonds. The van der Waals surface area contributed by atoms with E-state index in [0.29, 0.717) is 11.6 Å². The first kappa shape index (κ1) is 10.1. The summed E-state index contributed by atoms with van der Waals surface area (Å²) in [6.07, 6.45) is 2.64. The lowest BCUT2D eigenvalue weighted by Gasteiger charge is -1.99. The Morgan fingerprint density at radius 1 is 1.71 bits per heavy atom. The zero-order valence-electron chi connectivity index (χ0n) is 7.92. The summed E-state index contributed by atoms with van der Waals surface area (Å²) in [7, 11) is 0. The van der Waals surface area contributed by atoms with E-state index in [0.717, 1.165) is 18.2 Å². The van der Waals surface area contributed by atoms with Gasteiger partial charge in [-0.05, 0) is 12.8 Å².